The van der Waals surface area contributed by atoms with Crippen LogP contribution in [-0.2, 0) is 11.8 Å². The Morgan fingerprint density at radius 3 is 2.53 bits per heavy atom. The quantitative estimate of drug-likeness (QED) is 0.888. The van der Waals surface area contributed by atoms with E-state index in [9.17, 15) is 4.39 Å². The highest BCUT2D eigenvalue weighted by Gasteiger charge is 2.39. The minimum Gasteiger partial charge on any atom is -0.315 e. The molecule has 0 unspecified atom stereocenters. The number of hydrogen-bond donors (Lipinski definition) is 1. The van der Waals surface area contributed by atoms with E-state index in [0.29, 0.717) is 0 Å². The van der Waals surface area contributed by atoms with Crippen molar-refractivity contribution in [3.05, 3.63) is 71.0 Å². The zero-order valence-corrected chi connectivity index (χ0v) is 11.1. The molecule has 0 radical (unpaired) electrons. The summed E-state index contributed by atoms with van der Waals surface area (Å²) in [5.74, 6) is -0.0959. The van der Waals surface area contributed by atoms with Crippen LogP contribution in [0.25, 0.3) is 0 Å². The van der Waals surface area contributed by atoms with Crippen LogP contribution in [0.1, 0.15) is 16.7 Å². The highest BCUT2D eigenvalue weighted by molar-refractivity contribution is 5.36. The van der Waals surface area contributed by atoms with E-state index in [1.54, 1.807) is 12.1 Å². The first-order valence-corrected chi connectivity index (χ1v) is 6.71. The molecular formula is C17H18FN. The molecule has 0 spiro atoms. The van der Waals surface area contributed by atoms with Gasteiger partial charge in [0.05, 0.1) is 0 Å². The topological polar surface area (TPSA) is 12.0 Å². The predicted octanol–water partition coefficient (Wildman–Crippen LogP) is 3.22. The zero-order valence-electron chi connectivity index (χ0n) is 11.1. The SMILES string of the molecule is Cc1cccc(C2(Cc3ccccc3F)CNC2)c1. The van der Waals surface area contributed by atoms with Gasteiger partial charge in [-0.15, -0.1) is 0 Å². The van der Waals surface area contributed by atoms with Crippen molar-refractivity contribution in [2.45, 2.75) is 18.8 Å². The van der Waals surface area contributed by atoms with E-state index in [1.165, 1.54) is 11.1 Å². The fraction of sp³-hybridized carbons (Fsp3) is 0.294. The van der Waals surface area contributed by atoms with Crippen LogP contribution in [-0.4, -0.2) is 13.1 Å². The lowest BCUT2D eigenvalue weighted by Gasteiger charge is -2.43. The molecule has 1 nitrogen and oxygen atoms in total. The Morgan fingerprint density at radius 2 is 1.89 bits per heavy atom. The van der Waals surface area contributed by atoms with Crippen molar-refractivity contribution in [2.24, 2.45) is 0 Å². The smallest absolute Gasteiger partial charge is 0.126 e. The number of benzene rings is 2. The van der Waals surface area contributed by atoms with Gasteiger partial charge in [0, 0.05) is 18.5 Å². The zero-order chi connectivity index (χ0) is 13.3. The number of rotatable bonds is 3. The third-order valence-corrected chi connectivity index (χ3v) is 4.04. The van der Waals surface area contributed by atoms with Crippen LogP contribution in [0.2, 0.25) is 0 Å². The molecule has 1 aliphatic heterocycles. The van der Waals surface area contributed by atoms with Crippen molar-refractivity contribution in [3.63, 3.8) is 0 Å². The summed E-state index contributed by atoms with van der Waals surface area (Å²) in [5, 5.41) is 3.34. The van der Waals surface area contributed by atoms with Crippen molar-refractivity contribution in [1.82, 2.24) is 5.32 Å². The fourth-order valence-corrected chi connectivity index (χ4v) is 2.84. The molecule has 1 heterocycles. The molecule has 0 amide bonds. The molecule has 2 aromatic carbocycles. The van der Waals surface area contributed by atoms with Gasteiger partial charge in [-0.1, -0.05) is 48.0 Å². The van der Waals surface area contributed by atoms with E-state index in [0.717, 1.165) is 25.1 Å². The minimum atomic E-state index is -0.0959. The third-order valence-electron chi connectivity index (χ3n) is 4.04. The number of halogens is 1. The molecule has 1 fully saturated rings. The third kappa shape index (κ3) is 2.28. The van der Waals surface area contributed by atoms with Crippen LogP contribution in [0, 0.1) is 12.7 Å². The molecule has 98 valence electrons. The van der Waals surface area contributed by atoms with Crippen molar-refractivity contribution in [3.8, 4) is 0 Å². The van der Waals surface area contributed by atoms with Crippen molar-refractivity contribution < 1.29 is 4.39 Å². The molecule has 2 heteroatoms. The summed E-state index contributed by atoms with van der Waals surface area (Å²) < 4.78 is 13.9. The summed E-state index contributed by atoms with van der Waals surface area (Å²) in [4.78, 5) is 0. The second-order valence-electron chi connectivity index (χ2n) is 5.52. The first-order chi connectivity index (χ1) is 9.20. The van der Waals surface area contributed by atoms with E-state index < -0.39 is 0 Å². The molecule has 2 aromatic rings. The molecule has 0 aliphatic carbocycles. The van der Waals surface area contributed by atoms with E-state index in [2.05, 4.69) is 36.5 Å². The van der Waals surface area contributed by atoms with E-state index >= 15 is 0 Å². The van der Waals surface area contributed by atoms with Crippen LogP contribution >= 0.6 is 0 Å². The predicted molar refractivity (Wildman–Crippen MR) is 75.8 cm³/mol. The van der Waals surface area contributed by atoms with Gasteiger partial charge in [-0.05, 0) is 30.5 Å². The molecule has 1 saturated heterocycles. The van der Waals surface area contributed by atoms with Crippen LogP contribution in [0.3, 0.4) is 0 Å². The first kappa shape index (κ1) is 12.4. The summed E-state index contributed by atoms with van der Waals surface area (Å²) >= 11 is 0. The van der Waals surface area contributed by atoms with Crippen LogP contribution in [0.5, 0.6) is 0 Å². The summed E-state index contributed by atoms with van der Waals surface area (Å²) in [5.41, 5.74) is 3.44. The van der Waals surface area contributed by atoms with Gasteiger partial charge in [-0.25, -0.2) is 4.39 Å². The van der Waals surface area contributed by atoms with Gasteiger partial charge >= 0.3 is 0 Å². The lowest BCUT2D eigenvalue weighted by atomic mass is 9.70. The maximum atomic E-state index is 13.9. The summed E-state index contributed by atoms with van der Waals surface area (Å²) in [6, 6.07) is 15.7. The highest BCUT2D eigenvalue weighted by Crippen LogP contribution is 2.33. The number of nitrogens with one attached hydrogen (secondary N) is 1. The average Bonchev–Trinajstić information content (AvgIpc) is 2.36. The van der Waals surface area contributed by atoms with Gasteiger partial charge in [0.1, 0.15) is 5.82 Å². The Balaban J connectivity index is 1.94. The first-order valence-electron chi connectivity index (χ1n) is 6.71. The Kier molecular flexibility index (Phi) is 3.11. The van der Waals surface area contributed by atoms with E-state index in [1.807, 2.05) is 12.1 Å². The number of hydrogen-bond acceptors (Lipinski definition) is 1. The van der Waals surface area contributed by atoms with Gasteiger partial charge < -0.3 is 5.32 Å². The van der Waals surface area contributed by atoms with Crippen LogP contribution in [0.15, 0.2) is 48.5 Å². The average molecular weight is 255 g/mol. The van der Waals surface area contributed by atoms with Gasteiger partial charge in [-0.2, -0.15) is 0 Å². The maximum absolute atomic E-state index is 13.9. The Bertz CT molecular complexity index is 587. The standard InChI is InChI=1S/C17H18FN/c1-13-5-4-7-15(9-13)17(11-19-12-17)10-14-6-2-3-8-16(14)18/h2-9,19H,10-12H2,1H3. The molecular weight excluding hydrogens is 237 g/mol. The normalized spacial score (nSPS) is 16.9. The van der Waals surface area contributed by atoms with Crippen LogP contribution < -0.4 is 5.32 Å². The largest absolute Gasteiger partial charge is 0.315 e. The van der Waals surface area contributed by atoms with Gasteiger partial charge in [0.15, 0.2) is 0 Å². The lowest BCUT2D eigenvalue weighted by Crippen LogP contribution is -2.58. The fourth-order valence-electron chi connectivity index (χ4n) is 2.84. The Morgan fingerprint density at radius 1 is 1.11 bits per heavy atom. The van der Waals surface area contributed by atoms with E-state index in [4.69, 9.17) is 0 Å². The summed E-state index contributed by atoms with van der Waals surface area (Å²) in [6.07, 6.45) is 0.760. The van der Waals surface area contributed by atoms with Crippen molar-refractivity contribution in [2.75, 3.05) is 13.1 Å². The minimum absolute atomic E-state index is 0.0498. The maximum Gasteiger partial charge on any atom is 0.126 e. The molecule has 0 aromatic heterocycles. The summed E-state index contributed by atoms with van der Waals surface area (Å²) in [6.45, 7) is 3.95. The Hall–Kier alpha value is -1.67. The van der Waals surface area contributed by atoms with E-state index in [-0.39, 0.29) is 11.2 Å². The van der Waals surface area contributed by atoms with Crippen molar-refractivity contribution >= 4 is 0 Å². The van der Waals surface area contributed by atoms with Gasteiger partial charge in [0.25, 0.3) is 0 Å². The molecule has 0 bridgehead atoms. The van der Waals surface area contributed by atoms with Crippen LogP contribution in [0.4, 0.5) is 4.39 Å². The second-order valence-corrected chi connectivity index (χ2v) is 5.52. The number of aryl methyl sites for hydroxylation is 1. The molecule has 0 atom stereocenters. The molecule has 1 N–H and O–H groups in total. The summed E-state index contributed by atoms with van der Waals surface area (Å²) in [7, 11) is 0. The molecule has 0 saturated carbocycles. The monoisotopic (exact) mass is 255 g/mol. The lowest BCUT2D eigenvalue weighted by molar-refractivity contribution is 0.272. The Labute approximate surface area is 113 Å². The van der Waals surface area contributed by atoms with Gasteiger partial charge in [-0.3, -0.25) is 0 Å². The highest BCUT2D eigenvalue weighted by atomic mass is 19.1. The molecule has 19 heavy (non-hydrogen) atoms. The molecule has 3 rings (SSSR count). The van der Waals surface area contributed by atoms with Gasteiger partial charge in [0.2, 0.25) is 0 Å². The molecule has 1 aliphatic rings. The van der Waals surface area contributed by atoms with Crippen molar-refractivity contribution in [1.29, 1.82) is 0 Å². The second kappa shape index (κ2) is 4.78.